The molecule has 0 aromatic heterocycles. The number of nitrogen functional groups attached to an aromatic ring is 2. The summed E-state index contributed by atoms with van der Waals surface area (Å²) in [5.41, 5.74) is 13.6. The lowest BCUT2D eigenvalue weighted by Gasteiger charge is -2.19. The van der Waals surface area contributed by atoms with Crippen LogP contribution in [-0.2, 0) is 0 Å². The van der Waals surface area contributed by atoms with Gasteiger partial charge < -0.3 is 16.4 Å². The Kier molecular flexibility index (Phi) is 3.58. The van der Waals surface area contributed by atoms with E-state index in [0.29, 0.717) is 28.2 Å². The van der Waals surface area contributed by atoms with Crippen molar-refractivity contribution < 1.29 is 4.79 Å². The lowest BCUT2D eigenvalue weighted by Crippen LogP contribution is -2.27. The van der Waals surface area contributed by atoms with Gasteiger partial charge in [0.15, 0.2) is 0 Å². The van der Waals surface area contributed by atoms with E-state index in [-0.39, 0.29) is 5.91 Å². The first-order chi connectivity index (χ1) is 9.52. The number of hydrogen-bond donors (Lipinski definition) is 2. The Morgan fingerprint density at radius 3 is 2.35 bits per heavy atom. The Bertz CT molecular complexity index is 683. The van der Waals surface area contributed by atoms with E-state index in [1.807, 2.05) is 0 Å². The van der Waals surface area contributed by atoms with E-state index in [0.717, 1.165) is 0 Å². The van der Waals surface area contributed by atoms with Crippen molar-refractivity contribution in [2.45, 2.75) is 0 Å². The molecule has 0 aliphatic rings. The van der Waals surface area contributed by atoms with Gasteiger partial charge in [-0.3, -0.25) is 4.79 Å². The maximum absolute atomic E-state index is 12.4. The molecule has 0 fully saturated rings. The van der Waals surface area contributed by atoms with Gasteiger partial charge >= 0.3 is 0 Å². The Labute approximate surface area is 117 Å². The molecule has 2 aromatic carbocycles. The van der Waals surface area contributed by atoms with E-state index in [4.69, 9.17) is 16.7 Å². The molecule has 20 heavy (non-hydrogen) atoms. The molecule has 0 unspecified atom stereocenters. The molecule has 100 valence electrons. The summed E-state index contributed by atoms with van der Waals surface area (Å²) in [4.78, 5) is 13.8. The fourth-order valence-electron chi connectivity index (χ4n) is 1.96. The van der Waals surface area contributed by atoms with Crippen molar-refractivity contribution in [3.8, 4) is 6.07 Å². The number of nitrogens with zero attached hydrogens (tertiary/aromatic N) is 2. The molecule has 1 amide bonds. The molecule has 2 rings (SSSR count). The highest BCUT2D eigenvalue weighted by Gasteiger charge is 2.16. The number of hydrogen-bond acceptors (Lipinski definition) is 4. The van der Waals surface area contributed by atoms with Crippen LogP contribution < -0.4 is 16.4 Å². The van der Waals surface area contributed by atoms with Gasteiger partial charge in [0.05, 0.1) is 11.3 Å². The molecule has 0 saturated carbocycles. The van der Waals surface area contributed by atoms with Gasteiger partial charge in [-0.1, -0.05) is 12.1 Å². The minimum atomic E-state index is -0.272. The average molecular weight is 266 g/mol. The topological polar surface area (TPSA) is 96.1 Å². The fraction of sp³-hybridized carbons (Fsp3) is 0.0667. The second kappa shape index (κ2) is 5.33. The van der Waals surface area contributed by atoms with E-state index >= 15 is 0 Å². The first kappa shape index (κ1) is 13.4. The van der Waals surface area contributed by atoms with Gasteiger partial charge in [0.2, 0.25) is 0 Å². The fourth-order valence-corrected chi connectivity index (χ4v) is 1.96. The minimum Gasteiger partial charge on any atom is -0.399 e. The van der Waals surface area contributed by atoms with Crippen molar-refractivity contribution in [3.63, 3.8) is 0 Å². The number of para-hydroxylation sites is 1. The number of nitriles is 1. The van der Waals surface area contributed by atoms with E-state index in [9.17, 15) is 4.79 Å². The second-order valence-corrected chi connectivity index (χ2v) is 4.38. The standard InChI is InChI=1S/C15H14N4O/c1-19(14-5-3-2-4-10(14)9-16)15(20)11-6-12(17)8-13(18)7-11/h2-8H,17-18H2,1H3. The Balaban J connectivity index is 2.40. The zero-order valence-corrected chi connectivity index (χ0v) is 11.0. The molecule has 0 bridgehead atoms. The first-order valence-electron chi connectivity index (χ1n) is 5.96. The lowest BCUT2D eigenvalue weighted by atomic mass is 10.1. The average Bonchev–Trinajstić information content (AvgIpc) is 2.44. The van der Waals surface area contributed by atoms with Crippen LogP contribution in [0.3, 0.4) is 0 Å². The van der Waals surface area contributed by atoms with Crippen molar-refractivity contribution >= 4 is 23.0 Å². The highest BCUT2D eigenvalue weighted by atomic mass is 16.2. The SMILES string of the molecule is CN(C(=O)c1cc(N)cc(N)c1)c1ccccc1C#N. The number of benzene rings is 2. The summed E-state index contributed by atoms with van der Waals surface area (Å²) < 4.78 is 0. The van der Waals surface area contributed by atoms with Gasteiger partial charge in [-0.05, 0) is 30.3 Å². The smallest absolute Gasteiger partial charge is 0.258 e. The van der Waals surface area contributed by atoms with Crippen molar-refractivity contribution in [2.75, 3.05) is 23.4 Å². The molecule has 5 nitrogen and oxygen atoms in total. The van der Waals surface area contributed by atoms with Gasteiger partial charge in [0, 0.05) is 24.0 Å². The zero-order chi connectivity index (χ0) is 14.7. The van der Waals surface area contributed by atoms with Gasteiger partial charge in [-0.2, -0.15) is 5.26 Å². The third kappa shape index (κ3) is 2.54. The van der Waals surface area contributed by atoms with Crippen LogP contribution in [0.5, 0.6) is 0 Å². The molecule has 0 saturated heterocycles. The van der Waals surface area contributed by atoms with Crippen LogP contribution in [0.25, 0.3) is 0 Å². The van der Waals surface area contributed by atoms with E-state index in [1.54, 1.807) is 49.5 Å². The normalized spacial score (nSPS) is 9.80. The lowest BCUT2D eigenvalue weighted by molar-refractivity contribution is 0.0993. The largest absolute Gasteiger partial charge is 0.399 e. The third-order valence-corrected chi connectivity index (χ3v) is 2.92. The first-order valence-corrected chi connectivity index (χ1v) is 5.96. The van der Waals surface area contributed by atoms with Gasteiger partial charge in [-0.15, -0.1) is 0 Å². The maximum atomic E-state index is 12.4. The summed E-state index contributed by atoms with van der Waals surface area (Å²) in [5, 5.41) is 9.08. The second-order valence-electron chi connectivity index (χ2n) is 4.38. The molecule has 4 N–H and O–H groups in total. The summed E-state index contributed by atoms with van der Waals surface area (Å²) in [6.45, 7) is 0. The molecule has 0 heterocycles. The van der Waals surface area contributed by atoms with Gasteiger partial charge in [0.1, 0.15) is 6.07 Å². The Morgan fingerprint density at radius 1 is 1.15 bits per heavy atom. The zero-order valence-electron chi connectivity index (χ0n) is 11.0. The summed E-state index contributed by atoms with van der Waals surface area (Å²) in [6, 6.07) is 13.7. The third-order valence-electron chi connectivity index (χ3n) is 2.92. The predicted molar refractivity (Wildman–Crippen MR) is 79.2 cm³/mol. The van der Waals surface area contributed by atoms with Gasteiger partial charge in [-0.25, -0.2) is 0 Å². The molecule has 0 aliphatic carbocycles. The van der Waals surface area contributed by atoms with Crippen LogP contribution in [0.1, 0.15) is 15.9 Å². The van der Waals surface area contributed by atoms with Crippen molar-refractivity contribution in [1.82, 2.24) is 0 Å². The minimum absolute atomic E-state index is 0.272. The predicted octanol–water partition coefficient (Wildman–Crippen LogP) is 2.00. The molecular formula is C15H14N4O. The van der Waals surface area contributed by atoms with Crippen LogP contribution in [0.2, 0.25) is 0 Å². The van der Waals surface area contributed by atoms with Crippen molar-refractivity contribution in [3.05, 3.63) is 53.6 Å². The number of anilines is 3. The molecule has 0 atom stereocenters. The van der Waals surface area contributed by atoms with E-state index in [2.05, 4.69) is 6.07 Å². The van der Waals surface area contributed by atoms with Crippen molar-refractivity contribution in [1.29, 1.82) is 5.26 Å². The number of nitrogens with two attached hydrogens (primary N) is 2. The molecule has 0 aliphatic heterocycles. The highest BCUT2D eigenvalue weighted by Crippen LogP contribution is 2.22. The van der Waals surface area contributed by atoms with Crippen LogP contribution in [0, 0.1) is 11.3 Å². The van der Waals surface area contributed by atoms with Crippen LogP contribution in [0.15, 0.2) is 42.5 Å². The highest BCUT2D eigenvalue weighted by molar-refractivity contribution is 6.07. The van der Waals surface area contributed by atoms with Crippen molar-refractivity contribution in [2.24, 2.45) is 0 Å². The van der Waals surface area contributed by atoms with Crippen LogP contribution in [0.4, 0.5) is 17.1 Å². The molecule has 0 spiro atoms. The Morgan fingerprint density at radius 2 is 1.75 bits per heavy atom. The molecule has 5 heteroatoms. The number of carbonyl (C=O) groups is 1. The summed E-state index contributed by atoms with van der Waals surface area (Å²) in [5.74, 6) is -0.272. The number of rotatable bonds is 2. The quantitative estimate of drug-likeness (QED) is 0.812. The number of amides is 1. The molecule has 0 radical (unpaired) electrons. The summed E-state index contributed by atoms with van der Waals surface area (Å²) in [7, 11) is 1.61. The number of carbonyl (C=O) groups excluding carboxylic acids is 1. The molecule has 2 aromatic rings. The maximum Gasteiger partial charge on any atom is 0.258 e. The molecular weight excluding hydrogens is 252 g/mol. The summed E-state index contributed by atoms with van der Waals surface area (Å²) >= 11 is 0. The van der Waals surface area contributed by atoms with E-state index < -0.39 is 0 Å². The van der Waals surface area contributed by atoms with Crippen LogP contribution in [-0.4, -0.2) is 13.0 Å². The van der Waals surface area contributed by atoms with Crippen LogP contribution >= 0.6 is 0 Å². The van der Waals surface area contributed by atoms with E-state index in [1.165, 1.54) is 4.90 Å². The monoisotopic (exact) mass is 266 g/mol. The summed E-state index contributed by atoms with van der Waals surface area (Å²) in [6.07, 6.45) is 0. The Hall–Kier alpha value is -3.00. The van der Waals surface area contributed by atoms with Gasteiger partial charge in [0.25, 0.3) is 5.91 Å².